The monoisotopic (exact) mass is 511 g/mol. The first-order chi connectivity index (χ1) is 15.0. The molecule has 5 rings (SSSR count). The van der Waals surface area contributed by atoms with Crippen LogP contribution in [0.25, 0.3) is 0 Å². The minimum absolute atomic E-state index is 0.0347. The van der Waals surface area contributed by atoms with Gasteiger partial charge in [0.2, 0.25) is 0 Å². The molecule has 1 unspecified atom stereocenters. The van der Waals surface area contributed by atoms with Crippen molar-refractivity contribution in [2.75, 3.05) is 0 Å². The molecule has 0 saturated heterocycles. The molecule has 1 atom stereocenters. The van der Waals surface area contributed by atoms with Gasteiger partial charge < -0.3 is 0 Å². The van der Waals surface area contributed by atoms with E-state index in [1.807, 2.05) is 66.7 Å². The molecule has 0 fully saturated rings. The summed E-state index contributed by atoms with van der Waals surface area (Å²) in [5.41, 5.74) is 1.58. The Balaban J connectivity index is 1.85. The fraction of sp³-hybridized carbons (Fsp3) is 0.0400. The van der Waals surface area contributed by atoms with E-state index in [0.717, 1.165) is 25.6 Å². The third-order valence-electron chi connectivity index (χ3n) is 5.40. The fourth-order valence-corrected chi connectivity index (χ4v) is 8.05. The zero-order valence-corrected chi connectivity index (χ0v) is 19.6. The Morgan fingerprint density at radius 2 is 1.32 bits per heavy atom. The molecular weight excluding hydrogens is 493 g/mol. The van der Waals surface area contributed by atoms with E-state index in [0.29, 0.717) is 5.02 Å². The molecule has 0 radical (unpaired) electrons. The van der Waals surface area contributed by atoms with Crippen molar-refractivity contribution in [1.82, 2.24) is 4.72 Å². The van der Waals surface area contributed by atoms with E-state index < -0.39 is 15.6 Å². The van der Waals surface area contributed by atoms with E-state index in [2.05, 4.69) is 10.8 Å². The Kier molecular flexibility index (Phi) is 5.25. The maximum atomic E-state index is 13.6. The number of hydrogen-bond donors (Lipinski definition) is 1. The first-order valence-electron chi connectivity index (χ1n) is 9.73. The molecule has 0 spiro atoms. The van der Waals surface area contributed by atoms with Crippen molar-refractivity contribution in [1.29, 1.82) is 0 Å². The molecule has 1 aliphatic heterocycles. The predicted octanol–water partition coefficient (Wildman–Crippen LogP) is 3.58. The summed E-state index contributed by atoms with van der Waals surface area (Å²) >= 11 is 6.47. The molecule has 1 aliphatic rings. The van der Waals surface area contributed by atoms with E-state index in [-0.39, 0.29) is 19.9 Å². The Hall–Kier alpha value is -2.40. The summed E-state index contributed by atoms with van der Waals surface area (Å²) in [5, 5.41) is 0.577. The van der Waals surface area contributed by atoms with E-state index in [9.17, 15) is 8.42 Å². The first kappa shape index (κ1) is 20.5. The standard InChI is InChI=1S/C25H18ClNO2SSe/c26-19-15-16-24-22(17-19)25(18-9-3-1-4-10-18,21-13-7-8-14-23(21)31-24)27-30(28,29)20-11-5-2-6-12-20/h1-17,27H. The van der Waals surface area contributed by atoms with Crippen LogP contribution in [0.2, 0.25) is 5.02 Å². The summed E-state index contributed by atoms with van der Waals surface area (Å²) in [6.45, 7) is 0. The first-order valence-corrected chi connectivity index (χ1v) is 13.3. The zero-order valence-electron chi connectivity index (χ0n) is 16.3. The number of rotatable bonds is 4. The van der Waals surface area contributed by atoms with Crippen molar-refractivity contribution >= 4 is 45.5 Å². The molecular formula is C25H18ClNO2SSe. The van der Waals surface area contributed by atoms with Gasteiger partial charge in [0.1, 0.15) is 0 Å². The molecule has 3 nitrogen and oxygen atoms in total. The molecule has 0 saturated carbocycles. The molecule has 31 heavy (non-hydrogen) atoms. The Labute approximate surface area is 193 Å². The normalized spacial score (nSPS) is 17.6. The number of fused-ring (bicyclic) bond motifs is 2. The van der Waals surface area contributed by atoms with Crippen molar-refractivity contribution in [3.05, 3.63) is 125 Å². The summed E-state index contributed by atoms with van der Waals surface area (Å²) in [6.07, 6.45) is 0. The molecule has 6 heteroatoms. The SMILES string of the molecule is O=S(=O)(NC1(c2ccccc2)c2ccccc2[Se]c2ccc(Cl)cc21)c1ccccc1. The van der Waals surface area contributed by atoms with Crippen LogP contribution < -0.4 is 13.6 Å². The molecule has 154 valence electrons. The Morgan fingerprint density at radius 3 is 2.06 bits per heavy atom. The van der Waals surface area contributed by atoms with E-state index >= 15 is 0 Å². The number of sulfonamides is 1. The van der Waals surface area contributed by atoms with Crippen LogP contribution in [0.5, 0.6) is 0 Å². The van der Waals surface area contributed by atoms with Crippen LogP contribution in [0, 0.1) is 0 Å². The van der Waals surface area contributed by atoms with Gasteiger partial charge in [-0.05, 0) is 0 Å². The van der Waals surface area contributed by atoms with Gasteiger partial charge >= 0.3 is 194 Å². The van der Waals surface area contributed by atoms with Crippen LogP contribution in [0.15, 0.2) is 108 Å². The van der Waals surface area contributed by atoms with Crippen molar-refractivity contribution < 1.29 is 8.42 Å². The maximum absolute atomic E-state index is 13.6. The number of hydrogen-bond acceptors (Lipinski definition) is 2. The Morgan fingerprint density at radius 1 is 0.710 bits per heavy atom. The summed E-state index contributed by atoms with van der Waals surface area (Å²) in [6, 6.07) is 32.1. The van der Waals surface area contributed by atoms with Crippen LogP contribution in [0.1, 0.15) is 16.7 Å². The van der Waals surface area contributed by atoms with Gasteiger partial charge in [-0.2, -0.15) is 0 Å². The fourth-order valence-electron chi connectivity index (χ4n) is 4.04. The number of benzene rings is 4. The quantitative estimate of drug-likeness (QED) is 0.427. The second-order valence-corrected chi connectivity index (χ2v) is 11.7. The van der Waals surface area contributed by atoms with Gasteiger partial charge in [-0.25, -0.2) is 0 Å². The zero-order chi connectivity index (χ0) is 21.5. The topological polar surface area (TPSA) is 46.2 Å². The molecule has 0 bridgehead atoms. The van der Waals surface area contributed by atoms with Crippen LogP contribution in [0.4, 0.5) is 0 Å². The Bertz CT molecular complexity index is 1360. The third-order valence-corrected chi connectivity index (χ3v) is 9.52. The molecule has 1 N–H and O–H groups in total. The van der Waals surface area contributed by atoms with Gasteiger partial charge in [0.15, 0.2) is 0 Å². The number of halogens is 1. The molecule has 0 aromatic heterocycles. The van der Waals surface area contributed by atoms with Crippen LogP contribution in [-0.4, -0.2) is 23.4 Å². The third kappa shape index (κ3) is 3.53. The molecule has 4 aromatic rings. The van der Waals surface area contributed by atoms with Gasteiger partial charge in [-0.15, -0.1) is 0 Å². The molecule has 4 aromatic carbocycles. The average molecular weight is 511 g/mol. The number of nitrogens with one attached hydrogen (secondary N) is 1. The van der Waals surface area contributed by atoms with E-state index in [1.165, 1.54) is 0 Å². The summed E-state index contributed by atoms with van der Waals surface area (Å²) in [7, 11) is -3.85. The van der Waals surface area contributed by atoms with Crippen molar-refractivity contribution in [2.24, 2.45) is 0 Å². The van der Waals surface area contributed by atoms with Crippen LogP contribution >= 0.6 is 11.6 Å². The molecule has 1 heterocycles. The van der Waals surface area contributed by atoms with Gasteiger partial charge in [0.25, 0.3) is 0 Å². The predicted molar refractivity (Wildman–Crippen MR) is 126 cm³/mol. The van der Waals surface area contributed by atoms with Crippen LogP contribution in [0.3, 0.4) is 0 Å². The van der Waals surface area contributed by atoms with Gasteiger partial charge in [-0.3, -0.25) is 0 Å². The second-order valence-electron chi connectivity index (χ2n) is 7.27. The summed E-state index contributed by atoms with van der Waals surface area (Å²) in [4.78, 5) is 0.224. The molecule has 0 amide bonds. The van der Waals surface area contributed by atoms with E-state index in [4.69, 9.17) is 11.6 Å². The summed E-state index contributed by atoms with van der Waals surface area (Å²) in [5.74, 6) is 0. The van der Waals surface area contributed by atoms with E-state index in [1.54, 1.807) is 30.3 Å². The van der Waals surface area contributed by atoms with Crippen molar-refractivity contribution in [3.8, 4) is 0 Å². The van der Waals surface area contributed by atoms with Crippen molar-refractivity contribution in [2.45, 2.75) is 10.4 Å². The van der Waals surface area contributed by atoms with Gasteiger partial charge in [0, 0.05) is 0 Å². The second kappa shape index (κ2) is 7.94. The van der Waals surface area contributed by atoms with Gasteiger partial charge in [-0.1, -0.05) is 0 Å². The van der Waals surface area contributed by atoms with Gasteiger partial charge in [0.05, 0.1) is 0 Å². The average Bonchev–Trinajstić information content (AvgIpc) is 2.80. The molecule has 0 aliphatic carbocycles. The minimum atomic E-state index is -3.85. The van der Waals surface area contributed by atoms with Crippen molar-refractivity contribution in [3.63, 3.8) is 0 Å². The summed E-state index contributed by atoms with van der Waals surface area (Å²) < 4.78 is 32.6. The van der Waals surface area contributed by atoms with Crippen LogP contribution in [-0.2, 0) is 15.6 Å².